The summed E-state index contributed by atoms with van der Waals surface area (Å²) in [5, 5.41) is 18.5. The van der Waals surface area contributed by atoms with Crippen LogP contribution in [-0.4, -0.2) is 34.5 Å². The summed E-state index contributed by atoms with van der Waals surface area (Å²) in [5.41, 5.74) is 0. The molecule has 1 rings (SSSR count). The van der Waals surface area contributed by atoms with Crippen LogP contribution in [0.3, 0.4) is 0 Å². The number of aliphatic hydroxyl groups is 1. The van der Waals surface area contributed by atoms with E-state index in [2.05, 4.69) is 6.92 Å². The van der Waals surface area contributed by atoms with Crippen molar-refractivity contribution in [1.29, 1.82) is 0 Å². The van der Waals surface area contributed by atoms with E-state index in [9.17, 15) is 9.90 Å². The van der Waals surface area contributed by atoms with Gasteiger partial charge in [-0.15, -0.1) is 0 Å². The Morgan fingerprint density at radius 1 is 1.14 bits per heavy atom. The summed E-state index contributed by atoms with van der Waals surface area (Å²) in [6, 6.07) is 0. The maximum Gasteiger partial charge on any atom is 0.327 e. The number of allylic oxidation sites excluding steroid dienone is 1. The number of epoxide rings is 1. The lowest BCUT2D eigenvalue weighted by atomic mass is 10.0. The molecule has 0 saturated carbocycles. The van der Waals surface area contributed by atoms with Crippen molar-refractivity contribution in [3.8, 4) is 0 Å². The van der Waals surface area contributed by atoms with Gasteiger partial charge < -0.3 is 14.9 Å². The summed E-state index contributed by atoms with van der Waals surface area (Å²) >= 11 is 0. The van der Waals surface area contributed by atoms with Gasteiger partial charge in [-0.2, -0.15) is 0 Å². The van der Waals surface area contributed by atoms with E-state index >= 15 is 0 Å². The topological polar surface area (TPSA) is 70.1 Å². The Morgan fingerprint density at radius 2 is 1.86 bits per heavy atom. The first-order valence-electron chi connectivity index (χ1n) is 8.88. The Hall–Kier alpha value is -0.870. The number of unbranched alkanes of at least 4 members (excludes halogenated alkanes) is 7. The molecule has 3 atom stereocenters. The number of rotatable bonds is 14. The number of carboxylic acid groups (broad SMARTS) is 1. The van der Waals surface area contributed by atoms with Gasteiger partial charge in [0.1, 0.15) is 6.10 Å². The number of aliphatic carboxylic acids is 1. The van der Waals surface area contributed by atoms with Crippen molar-refractivity contribution in [2.75, 3.05) is 0 Å². The SMILES string of the molecule is CCCCCC1OC1C(O)CCCCCCCC=CC(=O)O. The van der Waals surface area contributed by atoms with E-state index < -0.39 is 5.97 Å². The Labute approximate surface area is 134 Å². The largest absolute Gasteiger partial charge is 0.478 e. The number of ether oxygens (including phenoxy) is 1. The maximum absolute atomic E-state index is 10.3. The molecule has 1 aliphatic rings. The molecule has 0 bridgehead atoms. The number of hydrogen-bond donors (Lipinski definition) is 2. The Morgan fingerprint density at radius 3 is 2.59 bits per heavy atom. The molecular formula is C18H32O4. The Balaban J connectivity index is 1.87. The minimum Gasteiger partial charge on any atom is -0.478 e. The summed E-state index contributed by atoms with van der Waals surface area (Å²) in [6.07, 6.45) is 15.0. The average Bonchev–Trinajstić information content (AvgIpc) is 3.25. The average molecular weight is 312 g/mol. The van der Waals surface area contributed by atoms with Crippen molar-refractivity contribution in [2.24, 2.45) is 0 Å². The van der Waals surface area contributed by atoms with Gasteiger partial charge in [0, 0.05) is 6.08 Å². The van der Waals surface area contributed by atoms with Crippen LogP contribution in [0.25, 0.3) is 0 Å². The van der Waals surface area contributed by atoms with Crippen LogP contribution < -0.4 is 0 Å². The standard InChI is InChI=1S/C18H32O4/c1-2-3-9-13-16-18(22-16)15(19)12-10-7-5-4-6-8-11-14-17(20)21/h11,14-16,18-19H,2-10,12-13H2,1H3,(H,20,21). The molecule has 128 valence electrons. The van der Waals surface area contributed by atoms with Crippen molar-refractivity contribution in [2.45, 2.75) is 95.9 Å². The molecule has 3 unspecified atom stereocenters. The predicted octanol–water partition coefficient (Wildman–Crippen LogP) is 4.07. The van der Waals surface area contributed by atoms with Crippen LogP contribution in [0, 0.1) is 0 Å². The zero-order valence-corrected chi connectivity index (χ0v) is 13.9. The van der Waals surface area contributed by atoms with Gasteiger partial charge in [0.15, 0.2) is 0 Å². The molecule has 0 aliphatic carbocycles. The van der Waals surface area contributed by atoms with E-state index in [-0.39, 0.29) is 12.2 Å². The third-order valence-corrected chi connectivity index (χ3v) is 4.22. The van der Waals surface area contributed by atoms with E-state index in [1.54, 1.807) is 6.08 Å². The zero-order chi connectivity index (χ0) is 16.2. The highest BCUT2D eigenvalue weighted by atomic mass is 16.6. The fourth-order valence-corrected chi connectivity index (χ4v) is 2.82. The molecule has 2 N–H and O–H groups in total. The number of carboxylic acids is 1. The molecule has 0 aromatic carbocycles. The second kappa shape index (κ2) is 11.7. The monoisotopic (exact) mass is 312 g/mol. The van der Waals surface area contributed by atoms with Crippen LogP contribution in [0.5, 0.6) is 0 Å². The van der Waals surface area contributed by atoms with Crippen molar-refractivity contribution < 1.29 is 19.7 Å². The van der Waals surface area contributed by atoms with Crippen LogP contribution in [0.15, 0.2) is 12.2 Å². The maximum atomic E-state index is 10.3. The molecule has 4 nitrogen and oxygen atoms in total. The molecule has 0 aromatic rings. The molecule has 0 aromatic heterocycles. The highest BCUT2D eigenvalue weighted by molar-refractivity contribution is 5.79. The minimum absolute atomic E-state index is 0.0954. The molecule has 22 heavy (non-hydrogen) atoms. The zero-order valence-electron chi connectivity index (χ0n) is 13.9. The molecule has 1 saturated heterocycles. The first-order chi connectivity index (χ1) is 10.6. The Kier molecular flexibility index (Phi) is 10.2. The van der Waals surface area contributed by atoms with E-state index in [0.717, 1.165) is 51.4 Å². The van der Waals surface area contributed by atoms with Crippen molar-refractivity contribution >= 4 is 5.97 Å². The summed E-state index contributed by atoms with van der Waals surface area (Å²) in [6.45, 7) is 2.20. The van der Waals surface area contributed by atoms with Gasteiger partial charge in [-0.05, 0) is 25.7 Å². The van der Waals surface area contributed by atoms with E-state index in [4.69, 9.17) is 9.84 Å². The number of aliphatic hydroxyl groups excluding tert-OH is 1. The first-order valence-corrected chi connectivity index (χ1v) is 8.88. The van der Waals surface area contributed by atoms with Crippen molar-refractivity contribution in [1.82, 2.24) is 0 Å². The quantitative estimate of drug-likeness (QED) is 0.288. The lowest BCUT2D eigenvalue weighted by Gasteiger charge is -2.07. The normalized spacial score (nSPS) is 22.1. The van der Waals surface area contributed by atoms with Gasteiger partial charge in [-0.3, -0.25) is 0 Å². The van der Waals surface area contributed by atoms with Crippen molar-refractivity contribution in [3.05, 3.63) is 12.2 Å². The molecule has 0 amide bonds. The van der Waals surface area contributed by atoms with Gasteiger partial charge in [-0.1, -0.05) is 57.9 Å². The summed E-state index contributed by atoms with van der Waals surface area (Å²) in [7, 11) is 0. The number of hydrogen-bond acceptors (Lipinski definition) is 3. The van der Waals surface area contributed by atoms with E-state index in [0.29, 0.717) is 6.10 Å². The van der Waals surface area contributed by atoms with E-state index in [1.165, 1.54) is 25.3 Å². The Bertz CT molecular complexity index is 327. The lowest BCUT2D eigenvalue weighted by molar-refractivity contribution is -0.131. The molecular weight excluding hydrogens is 280 g/mol. The van der Waals surface area contributed by atoms with Crippen LogP contribution in [0.4, 0.5) is 0 Å². The molecule has 0 spiro atoms. The van der Waals surface area contributed by atoms with Crippen molar-refractivity contribution in [3.63, 3.8) is 0 Å². The van der Waals surface area contributed by atoms with Crippen LogP contribution in [0.1, 0.15) is 77.6 Å². The second-order valence-corrected chi connectivity index (χ2v) is 6.29. The van der Waals surface area contributed by atoms with Gasteiger partial charge in [0.25, 0.3) is 0 Å². The predicted molar refractivity (Wildman–Crippen MR) is 87.9 cm³/mol. The van der Waals surface area contributed by atoms with Gasteiger partial charge in [0.05, 0.1) is 12.2 Å². The molecule has 1 aliphatic heterocycles. The smallest absolute Gasteiger partial charge is 0.327 e. The summed E-state index contributed by atoms with van der Waals surface area (Å²) in [5.74, 6) is -0.871. The molecule has 1 heterocycles. The third-order valence-electron chi connectivity index (χ3n) is 4.22. The molecule has 1 fully saturated rings. The molecule has 4 heteroatoms. The van der Waals surface area contributed by atoms with Gasteiger partial charge >= 0.3 is 5.97 Å². The highest BCUT2D eigenvalue weighted by Crippen LogP contribution is 2.32. The van der Waals surface area contributed by atoms with Crippen LogP contribution in [-0.2, 0) is 9.53 Å². The number of carbonyl (C=O) groups is 1. The summed E-state index contributed by atoms with van der Waals surface area (Å²) in [4.78, 5) is 10.3. The fourth-order valence-electron chi connectivity index (χ4n) is 2.82. The van der Waals surface area contributed by atoms with Gasteiger partial charge in [-0.25, -0.2) is 4.79 Å². The highest BCUT2D eigenvalue weighted by Gasteiger charge is 2.42. The van der Waals surface area contributed by atoms with Crippen LogP contribution >= 0.6 is 0 Å². The summed E-state index contributed by atoms with van der Waals surface area (Å²) < 4.78 is 5.56. The lowest BCUT2D eigenvalue weighted by Crippen LogP contribution is -2.16. The second-order valence-electron chi connectivity index (χ2n) is 6.29. The minimum atomic E-state index is -0.871. The third kappa shape index (κ3) is 9.21. The van der Waals surface area contributed by atoms with E-state index in [1.807, 2.05) is 0 Å². The fraction of sp³-hybridized carbons (Fsp3) is 0.833. The van der Waals surface area contributed by atoms with Gasteiger partial charge in [0.2, 0.25) is 0 Å². The van der Waals surface area contributed by atoms with Crippen LogP contribution in [0.2, 0.25) is 0 Å². The molecule has 0 radical (unpaired) electrons. The first kappa shape index (κ1) is 19.2.